The van der Waals surface area contributed by atoms with E-state index < -0.39 is 0 Å². The molecule has 1 nitrogen and oxygen atoms in total. The van der Waals surface area contributed by atoms with Gasteiger partial charge in [-0.2, -0.15) is 6.42 Å². The Morgan fingerprint density at radius 1 is 0.724 bits per heavy atom. The van der Waals surface area contributed by atoms with E-state index in [1.54, 1.807) is 0 Å². The van der Waals surface area contributed by atoms with Crippen LogP contribution in [0.5, 0.6) is 0 Å². The van der Waals surface area contributed by atoms with E-state index in [0.29, 0.717) is 6.61 Å². The minimum absolute atomic E-state index is 0. The summed E-state index contributed by atoms with van der Waals surface area (Å²) in [6, 6.07) is 8.76. The molecule has 1 aromatic carbocycles. The van der Waals surface area contributed by atoms with Crippen LogP contribution in [0.4, 0.5) is 0 Å². The summed E-state index contributed by atoms with van der Waals surface area (Å²) in [5.74, 6) is 0. The topological polar surface area (TPSA) is 9.23 Å². The van der Waals surface area contributed by atoms with Crippen molar-refractivity contribution in [1.82, 2.24) is 0 Å². The molecule has 0 amide bonds. The largest absolute Gasteiger partial charge is 0.413 e. The maximum atomic E-state index is 4.87. The van der Waals surface area contributed by atoms with E-state index in [1.165, 1.54) is 56.1 Å². The summed E-state index contributed by atoms with van der Waals surface area (Å²) in [6.07, 6.45) is 11.3. The first-order valence-electron chi connectivity index (χ1n) is 10.8. The third kappa shape index (κ3) is 48.2. The maximum absolute atomic E-state index is 4.87. The van der Waals surface area contributed by atoms with Crippen molar-refractivity contribution in [2.75, 3.05) is 13.2 Å². The zero-order valence-corrected chi connectivity index (χ0v) is 25.7. The van der Waals surface area contributed by atoms with Gasteiger partial charge in [0.15, 0.2) is 0 Å². The summed E-state index contributed by atoms with van der Waals surface area (Å²) in [5.41, 5.74) is 2.80. The van der Waals surface area contributed by atoms with E-state index in [1.807, 2.05) is 0 Å². The molecule has 0 saturated heterocycles. The smallest absolute Gasteiger partial charge is 0.0427 e. The molecule has 0 unspecified atom stereocenters. The van der Waals surface area contributed by atoms with Gasteiger partial charge in [-0.3, -0.25) is 0 Å². The SMILES string of the molecule is C.CCCC.CCCc1ccc(C)cc1.[CH2-]CCCCC.[CH2-]COCCC.[Y].[Y]. The van der Waals surface area contributed by atoms with Gasteiger partial charge in [0.2, 0.25) is 0 Å². The van der Waals surface area contributed by atoms with Gasteiger partial charge >= 0.3 is 0 Å². The van der Waals surface area contributed by atoms with Gasteiger partial charge in [-0.25, -0.2) is 0 Å². The summed E-state index contributed by atoms with van der Waals surface area (Å²) in [6.45, 7) is 21.7. The van der Waals surface area contributed by atoms with Crippen LogP contribution in [0.1, 0.15) is 105 Å². The van der Waals surface area contributed by atoms with Gasteiger partial charge in [-0.15, -0.1) is 0 Å². The molecular weight excluding hydrogens is 506 g/mol. The van der Waals surface area contributed by atoms with Crippen molar-refractivity contribution in [3.05, 3.63) is 49.2 Å². The first kappa shape index (κ1) is 44.1. The second-order valence-corrected chi connectivity index (χ2v) is 6.41. The zero-order valence-electron chi connectivity index (χ0n) is 20.1. The predicted molar refractivity (Wildman–Crippen MR) is 128 cm³/mol. The van der Waals surface area contributed by atoms with Crippen LogP contribution in [-0.2, 0) is 76.6 Å². The Kier molecular flexibility index (Phi) is 65.9. The van der Waals surface area contributed by atoms with Gasteiger partial charge in [0.1, 0.15) is 0 Å². The second kappa shape index (κ2) is 43.3. The first-order valence-corrected chi connectivity index (χ1v) is 10.8. The van der Waals surface area contributed by atoms with Crippen LogP contribution in [0.3, 0.4) is 0 Å². The van der Waals surface area contributed by atoms with Crippen LogP contribution < -0.4 is 0 Å². The van der Waals surface area contributed by atoms with Gasteiger partial charge in [-0.05, 0) is 25.3 Å². The number of hydrogen-bond donors (Lipinski definition) is 0. The van der Waals surface area contributed by atoms with Crippen molar-refractivity contribution in [3.63, 3.8) is 0 Å². The number of ether oxygens (including phenoxy) is 1. The van der Waals surface area contributed by atoms with Crippen LogP contribution in [0.15, 0.2) is 24.3 Å². The Hall–Kier alpha value is 1.39. The molecule has 0 aliphatic heterocycles. The Balaban J connectivity index is -0.0000000622. The van der Waals surface area contributed by atoms with Gasteiger partial charge < -0.3 is 18.6 Å². The minimum atomic E-state index is 0. The normalized spacial score (nSPS) is 8.14. The number of benzene rings is 1. The Bertz CT molecular complexity index is 308. The van der Waals surface area contributed by atoms with Crippen molar-refractivity contribution in [2.24, 2.45) is 0 Å². The van der Waals surface area contributed by atoms with Crippen LogP contribution in [0.25, 0.3) is 0 Å². The number of rotatable bonds is 9. The number of hydrogen-bond acceptors (Lipinski definition) is 1. The van der Waals surface area contributed by atoms with E-state index >= 15 is 0 Å². The molecule has 0 N–H and O–H groups in total. The molecule has 1 aromatic rings. The minimum Gasteiger partial charge on any atom is -0.413 e. The predicted octanol–water partition coefficient (Wildman–Crippen LogP) is 9.03. The average molecular weight is 559 g/mol. The molecule has 29 heavy (non-hydrogen) atoms. The van der Waals surface area contributed by atoms with Gasteiger partial charge in [0, 0.05) is 72.0 Å². The fourth-order valence-corrected chi connectivity index (χ4v) is 1.72. The Morgan fingerprint density at radius 3 is 1.48 bits per heavy atom. The fraction of sp³-hybridized carbons (Fsp3) is 0.692. The van der Waals surface area contributed by atoms with E-state index in [-0.39, 0.29) is 72.8 Å². The molecule has 170 valence electrons. The van der Waals surface area contributed by atoms with Crippen LogP contribution >= 0.6 is 0 Å². The summed E-state index contributed by atoms with van der Waals surface area (Å²) in [4.78, 5) is 0. The standard InChI is InChI=1S/C10H14.C6H13.C5H11O.C4H10.CH4.2Y/c1-3-4-10-7-5-9(2)6-8-10;2*1-3-5-6-4-2;1-3-4-2;;;/h5-8H,3-4H2,1-2H3;1,3-6H2,2H3;2-5H2,1H3;3-4H2,1-2H3;1H4;;/q;2*-1;;;;. The van der Waals surface area contributed by atoms with Crippen LogP contribution in [-0.4, -0.2) is 13.2 Å². The second-order valence-electron chi connectivity index (χ2n) is 6.41. The van der Waals surface area contributed by atoms with Gasteiger partial charge in [-0.1, -0.05) is 117 Å². The average Bonchev–Trinajstić information content (AvgIpc) is 2.68. The van der Waals surface area contributed by atoms with Crippen molar-refractivity contribution in [2.45, 2.75) is 107 Å². The van der Waals surface area contributed by atoms with Crippen LogP contribution in [0, 0.1) is 20.8 Å². The van der Waals surface area contributed by atoms with E-state index in [9.17, 15) is 0 Å². The molecule has 0 aliphatic rings. The zero-order chi connectivity index (χ0) is 20.5. The molecule has 3 heteroatoms. The Labute approximate surface area is 237 Å². The molecule has 0 bridgehead atoms. The fourth-order valence-electron chi connectivity index (χ4n) is 1.72. The van der Waals surface area contributed by atoms with E-state index in [0.717, 1.165) is 19.4 Å². The van der Waals surface area contributed by atoms with Crippen molar-refractivity contribution >= 4 is 0 Å². The molecular formula is C26H52OY2-2. The van der Waals surface area contributed by atoms with E-state index in [4.69, 9.17) is 4.74 Å². The number of unbranched alkanes of at least 4 members (excludes halogenated alkanes) is 4. The van der Waals surface area contributed by atoms with Crippen molar-refractivity contribution < 1.29 is 70.2 Å². The monoisotopic (exact) mass is 558 g/mol. The number of aryl methyl sites for hydroxylation is 2. The summed E-state index contributed by atoms with van der Waals surface area (Å²) in [5, 5.41) is 0. The van der Waals surface area contributed by atoms with Crippen molar-refractivity contribution in [1.29, 1.82) is 0 Å². The van der Waals surface area contributed by atoms with E-state index in [2.05, 4.69) is 79.7 Å². The molecule has 0 saturated carbocycles. The molecule has 0 fully saturated rings. The molecule has 0 aromatic heterocycles. The summed E-state index contributed by atoms with van der Waals surface area (Å²) >= 11 is 0. The molecule has 2 radical (unpaired) electrons. The molecule has 0 aliphatic carbocycles. The van der Waals surface area contributed by atoms with Gasteiger partial charge in [0.05, 0.1) is 0 Å². The molecule has 0 heterocycles. The molecule has 0 atom stereocenters. The molecule has 0 spiro atoms. The maximum Gasteiger partial charge on any atom is 0.0427 e. The summed E-state index contributed by atoms with van der Waals surface area (Å²) in [7, 11) is 0. The van der Waals surface area contributed by atoms with Crippen LogP contribution in [0.2, 0.25) is 0 Å². The summed E-state index contributed by atoms with van der Waals surface area (Å²) < 4.78 is 4.87. The van der Waals surface area contributed by atoms with Gasteiger partial charge in [0.25, 0.3) is 0 Å². The third-order valence-corrected chi connectivity index (χ3v) is 3.51. The first-order chi connectivity index (χ1) is 12.6. The molecule has 1 rings (SSSR count). The third-order valence-electron chi connectivity index (χ3n) is 3.51. The Morgan fingerprint density at radius 2 is 1.24 bits per heavy atom. The van der Waals surface area contributed by atoms with Crippen molar-refractivity contribution in [3.8, 4) is 0 Å². The quantitative estimate of drug-likeness (QED) is 0.217.